The van der Waals surface area contributed by atoms with Crippen LogP contribution in [0.4, 0.5) is 25.0 Å². The smallest absolute Gasteiger partial charge is 0.316 e. The maximum Gasteiger partial charge on any atom is 0.316 e. The van der Waals surface area contributed by atoms with Gasteiger partial charge in [-0.2, -0.15) is 0 Å². The third kappa shape index (κ3) is 4.87. The summed E-state index contributed by atoms with van der Waals surface area (Å²) in [6.45, 7) is 1.84. The van der Waals surface area contributed by atoms with E-state index in [4.69, 9.17) is 10.5 Å². The van der Waals surface area contributed by atoms with Crippen molar-refractivity contribution in [2.45, 2.75) is 0 Å². The molecular weight excluding hydrogens is 370 g/mol. The summed E-state index contributed by atoms with van der Waals surface area (Å²) in [5.41, 5.74) is 6.15. The molecule has 148 valence electrons. The number of nitrogens with two attached hydrogens (primary N) is 1. The van der Waals surface area contributed by atoms with E-state index in [9.17, 15) is 18.4 Å². The fourth-order valence-electron chi connectivity index (χ4n) is 2.91. The number of carbonyl (C=O) groups excluding carboxylic acids is 2. The van der Waals surface area contributed by atoms with Crippen molar-refractivity contribution in [3.05, 3.63) is 54.1 Å². The van der Waals surface area contributed by atoms with Crippen molar-refractivity contribution in [3.63, 3.8) is 0 Å². The monoisotopic (exact) mass is 390 g/mol. The van der Waals surface area contributed by atoms with E-state index >= 15 is 0 Å². The molecule has 2 aromatic carbocycles. The number of nitrogens with zero attached hydrogens (tertiary/aromatic N) is 2. The molecule has 0 atom stereocenters. The van der Waals surface area contributed by atoms with E-state index in [-0.39, 0.29) is 12.5 Å². The number of amides is 3. The highest BCUT2D eigenvalue weighted by atomic mass is 19.2. The number of ether oxygens (including phenoxy) is 1. The molecule has 1 fully saturated rings. The number of halogens is 2. The van der Waals surface area contributed by atoms with Gasteiger partial charge in [-0.15, -0.1) is 0 Å². The Balaban J connectivity index is 1.47. The SMILES string of the molecule is NC(=O)Nc1ccc(OCC(=O)N2CCN(c3ccc(F)c(F)c3)CC2)cc1. The molecular formula is C19H20F2N4O3. The summed E-state index contributed by atoms with van der Waals surface area (Å²) in [5, 5.41) is 2.43. The van der Waals surface area contributed by atoms with Crippen LogP contribution in [-0.2, 0) is 4.79 Å². The maximum atomic E-state index is 13.4. The molecule has 2 aromatic rings. The van der Waals surface area contributed by atoms with Crippen LogP contribution >= 0.6 is 0 Å². The first kappa shape index (κ1) is 19.4. The predicted octanol–water partition coefficient (Wildman–Crippen LogP) is 2.18. The lowest BCUT2D eigenvalue weighted by Crippen LogP contribution is -2.50. The minimum atomic E-state index is -0.888. The van der Waals surface area contributed by atoms with Gasteiger partial charge in [-0.3, -0.25) is 4.79 Å². The highest BCUT2D eigenvalue weighted by Gasteiger charge is 2.22. The summed E-state index contributed by atoms with van der Waals surface area (Å²) < 4.78 is 31.9. The number of carbonyl (C=O) groups is 2. The van der Waals surface area contributed by atoms with E-state index in [0.29, 0.717) is 43.3 Å². The molecule has 0 unspecified atom stereocenters. The Kier molecular flexibility index (Phi) is 5.93. The Morgan fingerprint density at radius 3 is 2.29 bits per heavy atom. The molecule has 0 aromatic heterocycles. The minimum absolute atomic E-state index is 0.117. The third-order valence-corrected chi connectivity index (χ3v) is 4.38. The molecule has 0 aliphatic carbocycles. The Bertz CT molecular complexity index is 853. The number of hydrogen-bond donors (Lipinski definition) is 2. The van der Waals surface area contributed by atoms with Crippen LogP contribution < -0.4 is 20.7 Å². The molecule has 1 aliphatic rings. The Morgan fingerprint density at radius 2 is 1.68 bits per heavy atom. The van der Waals surface area contributed by atoms with E-state index in [1.807, 2.05) is 4.90 Å². The van der Waals surface area contributed by atoms with Gasteiger partial charge in [0.2, 0.25) is 0 Å². The van der Waals surface area contributed by atoms with Crippen molar-refractivity contribution in [3.8, 4) is 5.75 Å². The number of urea groups is 1. The van der Waals surface area contributed by atoms with E-state index in [0.717, 1.165) is 12.1 Å². The summed E-state index contributed by atoms with van der Waals surface area (Å²) in [4.78, 5) is 26.7. The van der Waals surface area contributed by atoms with Gasteiger partial charge in [-0.25, -0.2) is 13.6 Å². The van der Waals surface area contributed by atoms with E-state index < -0.39 is 17.7 Å². The molecule has 1 heterocycles. The zero-order valence-electron chi connectivity index (χ0n) is 15.0. The Morgan fingerprint density at radius 1 is 1.00 bits per heavy atom. The quantitative estimate of drug-likeness (QED) is 0.819. The molecule has 0 saturated carbocycles. The zero-order valence-corrected chi connectivity index (χ0v) is 15.0. The molecule has 1 aliphatic heterocycles. The van der Waals surface area contributed by atoms with Gasteiger partial charge in [0.05, 0.1) is 0 Å². The molecule has 0 bridgehead atoms. The predicted molar refractivity (Wildman–Crippen MR) is 100 cm³/mol. The number of benzene rings is 2. The van der Waals surface area contributed by atoms with Crippen LogP contribution in [0.1, 0.15) is 0 Å². The normalized spacial score (nSPS) is 13.9. The summed E-state index contributed by atoms with van der Waals surface area (Å²) >= 11 is 0. The standard InChI is InChI=1S/C19H20F2N4O3/c20-16-6-3-14(11-17(16)21)24-7-9-25(10-8-24)18(26)12-28-15-4-1-13(2-5-15)23-19(22)27/h1-6,11H,7-10,12H2,(H3,22,23,27). The van der Waals surface area contributed by atoms with Crippen molar-refractivity contribution in [2.24, 2.45) is 5.73 Å². The Hall–Kier alpha value is -3.36. The summed E-state index contributed by atoms with van der Waals surface area (Å²) in [5.74, 6) is -1.44. The van der Waals surface area contributed by atoms with Gasteiger partial charge < -0.3 is 25.6 Å². The van der Waals surface area contributed by atoms with Crippen molar-refractivity contribution in [1.29, 1.82) is 0 Å². The van der Waals surface area contributed by atoms with Gasteiger partial charge in [0.1, 0.15) is 5.75 Å². The second-order valence-electron chi connectivity index (χ2n) is 6.27. The average molecular weight is 390 g/mol. The molecule has 9 heteroatoms. The molecule has 1 saturated heterocycles. The van der Waals surface area contributed by atoms with Gasteiger partial charge in [-0.05, 0) is 36.4 Å². The molecule has 0 radical (unpaired) electrons. The average Bonchev–Trinajstić information content (AvgIpc) is 2.69. The lowest BCUT2D eigenvalue weighted by Gasteiger charge is -2.36. The number of nitrogens with one attached hydrogen (secondary N) is 1. The Labute approximate surface area is 160 Å². The number of hydrogen-bond acceptors (Lipinski definition) is 4. The van der Waals surface area contributed by atoms with E-state index in [1.165, 1.54) is 6.07 Å². The first-order valence-corrected chi connectivity index (χ1v) is 8.69. The molecule has 3 amide bonds. The second-order valence-corrected chi connectivity index (χ2v) is 6.27. The van der Waals surface area contributed by atoms with Crippen LogP contribution in [0.5, 0.6) is 5.75 Å². The maximum absolute atomic E-state index is 13.4. The van der Waals surface area contributed by atoms with Gasteiger partial charge in [0.15, 0.2) is 18.2 Å². The second kappa shape index (κ2) is 8.55. The first-order valence-electron chi connectivity index (χ1n) is 8.69. The van der Waals surface area contributed by atoms with Crippen LogP contribution in [0, 0.1) is 11.6 Å². The summed E-state index contributed by atoms with van der Waals surface area (Å²) in [6.07, 6.45) is 0. The number of rotatable bonds is 5. The molecule has 7 nitrogen and oxygen atoms in total. The van der Waals surface area contributed by atoms with Gasteiger partial charge in [0.25, 0.3) is 5.91 Å². The topological polar surface area (TPSA) is 87.9 Å². The number of anilines is 2. The molecule has 3 N–H and O–H groups in total. The van der Waals surface area contributed by atoms with Crippen LogP contribution in [0.2, 0.25) is 0 Å². The van der Waals surface area contributed by atoms with E-state index in [1.54, 1.807) is 29.2 Å². The van der Waals surface area contributed by atoms with Crippen molar-refractivity contribution < 1.29 is 23.1 Å². The molecule has 0 spiro atoms. The van der Waals surface area contributed by atoms with Crippen molar-refractivity contribution in [1.82, 2.24) is 4.90 Å². The van der Waals surface area contributed by atoms with Crippen LogP contribution in [0.15, 0.2) is 42.5 Å². The van der Waals surface area contributed by atoms with Crippen LogP contribution in [0.25, 0.3) is 0 Å². The zero-order chi connectivity index (χ0) is 20.1. The molecule has 3 rings (SSSR count). The fraction of sp³-hybridized carbons (Fsp3) is 0.263. The van der Waals surface area contributed by atoms with Crippen molar-refractivity contribution >= 4 is 23.3 Å². The highest BCUT2D eigenvalue weighted by Crippen LogP contribution is 2.20. The van der Waals surface area contributed by atoms with Gasteiger partial charge in [0, 0.05) is 43.6 Å². The lowest BCUT2D eigenvalue weighted by atomic mass is 10.2. The van der Waals surface area contributed by atoms with Crippen molar-refractivity contribution in [2.75, 3.05) is 43.0 Å². The lowest BCUT2D eigenvalue weighted by molar-refractivity contribution is -0.133. The van der Waals surface area contributed by atoms with Gasteiger partial charge in [-0.1, -0.05) is 0 Å². The summed E-state index contributed by atoms with van der Waals surface area (Å²) in [7, 11) is 0. The summed E-state index contributed by atoms with van der Waals surface area (Å²) in [6, 6.07) is 9.60. The minimum Gasteiger partial charge on any atom is -0.484 e. The first-order chi connectivity index (χ1) is 13.4. The van der Waals surface area contributed by atoms with Gasteiger partial charge >= 0.3 is 6.03 Å². The van der Waals surface area contributed by atoms with Crippen LogP contribution in [-0.4, -0.2) is 49.6 Å². The van der Waals surface area contributed by atoms with E-state index in [2.05, 4.69) is 5.32 Å². The fourth-order valence-corrected chi connectivity index (χ4v) is 2.91. The largest absolute Gasteiger partial charge is 0.484 e. The number of piperazine rings is 1. The molecule has 28 heavy (non-hydrogen) atoms. The van der Waals surface area contributed by atoms with Crippen LogP contribution in [0.3, 0.4) is 0 Å². The third-order valence-electron chi connectivity index (χ3n) is 4.38. The number of primary amides is 1. The highest BCUT2D eigenvalue weighted by molar-refractivity contribution is 5.87.